The molecule has 2 fully saturated rings. The summed E-state index contributed by atoms with van der Waals surface area (Å²) in [6.45, 7) is 5.65. The first-order chi connectivity index (χ1) is 15.0. The second kappa shape index (κ2) is 11.7. The zero-order valence-electron chi connectivity index (χ0n) is 18.4. The van der Waals surface area contributed by atoms with Crippen LogP contribution in [0.15, 0.2) is 10.6 Å². The third-order valence-corrected chi connectivity index (χ3v) is 8.46. The molecular weight excluding hydrogens is 458 g/mol. The topological polar surface area (TPSA) is 173 Å². The number of carbonyl (C=O) groups excluding carboxylic acids is 1. The summed E-state index contributed by atoms with van der Waals surface area (Å²) in [4.78, 5) is 35.4. The van der Waals surface area contributed by atoms with E-state index in [9.17, 15) is 24.9 Å². The van der Waals surface area contributed by atoms with Gasteiger partial charge in [0.1, 0.15) is 5.70 Å². The first kappa shape index (κ1) is 26.9. The van der Waals surface area contributed by atoms with Crippen LogP contribution in [0.1, 0.15) is 27.2 Å². The number of amides is 1. The van der Waals surface area contributed by atoms with Crippen molar-refractivity contribution in [2.45, 2.75) is 56.7 Å². The quantitative estimate of drug-likeness (QED) is 0.235. The van der Waals surface area contributed by atoms with Gasteiger partial charge in [0.2, 0.25) is 5.91 Å². The number of β-lactam (4-membered cyclic amide) rings is 1. The van der Waals surface area contributed by atoms with E-state index < -0.39 is 30.1 Å². The molecule has 0 aromatic rings. The number of rotatable bonds is 9. The van der Waals surface area contributed by atoms with Crippen LogP contribution in [0, 0.1) is 11.8 Å². The van der Waals surface area contributed by atoms with E-state index in [-0.39, 0.29) is 35.4 Å². The van der Waals surface area contributed by atoms with Gasteiger partial charge in [0.15, 0.2) is 0 Å². The Labute approximate surface area is 196 Å². The molecule has 0 aliphatic carbocycles. The van der Waals surface area contributed by atoms with Gasteiger partial charge in [0, 0.05) is 53.6 Å². The monoisotopic (exact) mass is 491 g/mol. The van der Waals surface area contributed by atoms with Gasteiger partial charge in [-0.1, -0.05) is 6.92 Å². The van der Waals surface area contributed by atoms with Gasteiger partial charge in [0.05, 0.1) is 24.2 Å². The van der Waals surface area contributed by atoms with E-state index in [4.69, 9.17) is 15.6 Å². The summed E-state index contributed by atoms with van der Waals surface area (Å²) in [5, 5.41) is 40.3. The van der Waals surface area contributed by atoms with Crippen molar-refractivity contribution in [1.82, 2.24) is 10.2 Å². The molecule has 32 heavy (non-hydrogen) atoms. The molecule has 7 atom stereocenters. The van der Waals surface area contributed by atoms with Crippen molar-refractivity contribution >= 4 is 41.4 Å². The number of thioether (sulfide) groups is 2. The molecule has 0 bridgehead atoms. The zero-order chi connectivity index (χ0) is 24.2. The molecule has 1 unspecified atom stereocenters. The number of fused-ring (bicyclic) bond motifs is 1. The molecular formula is C20H33N3O7S2. The molecule has 0 spiro atoms. The van der Waals surface area contributed by atoms with Crippen LogP contribution in [0.25, 0.3) is 0 Å². The lowest BCUT2D eigenvalue weighted by Gasteiger charge is -2.46. The van der Waals surface area contributed by atoms with E-state index in [1.54, 1.807) is 30.4 Å². The van der Waals surface area contributed by atoms with Crippen molar-refractivity contribution in [3.05, 3.63) is 10.6 Å². The lowest BCUT2D eigenvalue weighted by molar-refractivity contribution is -0.163. The molecule has 0 radical (unpaired) electrons. The summed E-state index contributed by atoms with van der Waals surface area (Å²) in [7, 11) is 0. The molecule has 0 saturated carbocycles. The van der Waals surface area contributed by atoms with Gasteiger partial charge in [-0.2, -0.15) is 11.8 Å². The first-order valence-corrected chi connectivity index (χ1v) is 12.6. The van der Waals surface area contributed by atoms with Gasteiger partial charge in [-0.05, 0) is 13.3 Å². The summed E-state index contributed by atoms with van der Waals surface area (Å²) in [5.74, 6) is -1.35. The molecule has 2 saturated heterocycles. The molecule has 182 valence electrons. The third kappa shape index (κ3) is 6.17. The molecule has 0 aromatic heterocycles. The van der Waals surface area contributed by atoms with Crippen molar-refractivity contribution in [1.29, 1.82) is 0 Å². The standard InChI is InChI=1S/C18H29N3O5S2.C2H4O2/c1-8-14-13(9(2)22)17(24)21(14)15(18(25)26)16(8)28-12-3-10(20-5-12)6-27-7-11(23)4-19;1-2(3)4/h8-14,20,22-23H,3-7,19H2,1-2H3,(H,25,26);1H3,(H,3,4)/t8-,9-,10+,11?,12+,13-,14-;/m1./s1. The van der Waals surface area contributed by atoms with E-state index in [1.165, 1.54) is 4.90 Å². The summed E-state index contributed by atoms with van der Waals surface area (Å²) in [6, 6.07) is 0.0431. The second-order valence-corrected chi connectivity index (χ2v) is 10.7. The van der Waals surface area contributed by atoms with Crippen molar-refractivity contribution in [3.8, 4) is 0 Å². The minimum Gasteiger partial charge on any atom is -0.481 e. The average Bonchev–Trinajstić information content (AvgIpc) is 3.22. The Balaban J connectivity index is 0.000000837. The van der Waals surface area contributed by atoms with Crippen LogP contribution in [-0.4, -0.2) is 97.3 Å². The van der Waals surface area contributed by atoms with Crippen molar-refractivity contribution in [2.24, 2.45) is 17.6 Å². The normalized spacial score (nSPS) is 30.9. The van der Waals surface area contributed by atoms with Crippen LogP contribution in [0.4, 0.5) is 0 Å². The molecule has 7 N–H and O–H groups in total. The maximum Gasteiger partial charge on any atom is 0.353 e. The Kier molecular flexibility index (Phi) is 9.85. The van der Waals surface area contributed by atoms with Gasteiger partial charge < -0.3 is 36.4 Å². The van der Waals surface area contributed by atoms with E-state index in [0.717, 1.165) is 30.5 Å². The molecule has 0 aromatic carbocycles. The highest BCUT2D eigenvalue weighted by atomic mass is 32.2. The number of carbonyl (C=O) groups is 3. The predicted molar refractivity (Wildman–Crippen MR) is 123 cm³/mol. The lowest BCUT2D eigenvalue weighted by atomic mass is 9.79. The second-order valence-electron chi connectivity index (χ2n) is 8.30. The Morgan fingerprint density at radius 3 is 2.47 bits per heavy atom. The summed E-state index contributed by atoms with van der Waals surface area (Å²) in [5.41, 5.74) is 5.51. The minimum atomic E-state index is -1.08. The highest BCUT2D eigenvalue weighted by molar-refractivity contribution is 8.03. The summed E-state index contributed by atoms with van der Waals surface area (Å²) in [6.07, 6.45) is -0.366. The Bertz CT molecular complexity index is 745. The third-order valence-electron chi connectivity index (χ3n) is 5.69. The van der Waals surface area contributed by atoms with Crippen LogP contribution in [-0.2, 0) is 14.4 Å². The number of nitrogens with zero attached hydrogens (tertiary/aromatic N) is 1. The molecule has 1 amide bonds. The fourth-order valence-corrected chi connectivity index (χ4v) is 6.87. The highest BCUT2D eigenvalue weighted by Gasteiger charge is 2.60. The predicted octanol–water partition coefficient (Wildman–Crippen LogP) is -0.252. The van der Waals surface area contributed by atoms with E-state index in [1.807, 2.05) is 6.92 Å². The molecule has 12 heteroatoms. The number of aliphatic hydroxyl groups excluding tert-OH is 2. The van der Waals surface area contributed by atoms with Crippen molar-refractivity contribution in [2.75, 3.05) is 24.6 Å². The van der Waals surface area contributed by atoms with Crippen molar-refractivity contribution in [3.63, 3.8) is 0 Å². The fraction of sp³-hybridized carbons (Fsp3) is 0.750. The van der Waals surface area contributed by atoms with Crippen LogP contribution < -0.4 is 11.1 Å². The molecule has 3 aliphatic heterocycles. The molecule has 3 aliphatic rings. The van der Waals surface area contributed by atoms with E-state index in [2.05, 4.69) is 5.32 Å². The molecule has 3 rings (SSSR count). The molecule has 10 nitrogen and oxygen atoms in total. The van der Waals surface area contributed by atoms with Gasteiger partial charge >= 0.3 is 5.97 Å². The van der Waals surface area contributed by atoms with Crippen LogP contribution in [0.3, 0.4) is 0 Å². The average molecular weight is 492 g/mol. The van der Waals surface area contributed by atoms with Gasteiger partial charge in [-0.3, -0.25) is 9.59 Å². The summed E-state index contributed by atoms with van der Waals surface area (Å²) < 4.78 is 0. The Hall–Kier alpha value is -1.31. The number of aliphatic carboxylic acids is 2. The number of nitrogens with two attached hydrogens (primary N) is 1. The highest BCUT2D eigenvalue weighted by Crippen LogP contribution is 2.51. The van der Waals surface area contributed by atoms with Crippen LogP contribution >= 0.6 is 23.5 Å². The fourth-order valence-electron chi connectivity index (χ4n) is 4.27. The van der Waals surface area contributed by atoms with E-state index in [0.29, 0.717) is 11.8 Å². The number of aliphatic hydroxyl groups is 2. The van der Waals surface area contributed by atoms with Gasteiger partial charge in [-0.25, -0.2) is 4.79 Å². The first-order valence-electron chi connectivity index (χ1n) is 10.5. The largest absolute Gasteiger partial charge is 0.481 e. The number of nitrogens with one attached hydrogen (secondary N) is 1. The number of hydrogen-bond acceptors (Lipinski definition) is 9. The van der Waals surface area contributed by atoms with Crippen molar-refractivity contribution < 1.29 is 34.8 Å². The Morgan fingerprint density at radius 2 is 1.94 bits per heavy atom. The SMILES string of the molecule is CC(=O)O.C[C@@H](O)[C@H]1C(=O)N2C(C(=O)O)=C(S[C@@H]3CN[C@H](CSCC(O)CN)C3)[C@H](C)[C@H]12. The maximum absolute atomic E-state index is 12.4. The minimum absolute atomic E-state index is 0.0910. The zero-order valence-corrected chi connectivity index (χ0v) is 20.1. The maximum atomic E-state index is 12.4. The lowest BCUT2D eigenvalue weighted by Crippen LogP contribution is -2.63. The molecule has 3 heterocycles. The van der Waals surface area contributed by atoms with E-state index >= 15 is 0 Å². The smallest absolute Gasteiger partial charge is 0.353 e. The van der Waals surface area contributed by atoms with Gasteiger partial charge in [-0.15, -0.1) is 11.8 Å². The number of carboxylic acid groups (broad SMARTS) is 2. The Morgan fingerprint density at radius 1 is 1.31 bits per heavy atom. The van der Waals surface area contributed by atoms with Crippen LogP contribution in [0.5, 0.6) is 0 Å². The van der Waals surface area contributed by atoms with Gasteiger partial charge in [0.25, 0.3) is 5.97 Å². The number of carboxylic acids is 2. The number of hydrogen-bond donors (Lipinski definition) is 6. The van der Waals surface area contributed by atoms with Crippen LogP contribution in [0.2, 0.25) is 0 Å². The summed E-state index contributed by atoms with van der Waals surface area (Å²) >= 11 is 3.21.